The number of aromatic nitrogens is 2. The third kappa shape index (κ3) is 3.40. The number of benzene rings is 1. The summed E-state index contributed by atoms with van der Waals surface area (Å²) in [4.78, 5) is 14.3. The first-order valence-electron chi connectivity index (χ1n) is 8.69. The average molecular weight is 375 g/mol. The molecule has 140 valence electrons. The van der Waals surface area contributed by atoms with E-state index in [0.717, 1.165) is 22.4 Å². The Kier molecular flexibility index (Phi) is 4.69. The maximum atomic E-state index is 12.8. The van der Waals surface area contributed by atoms with Gasteiger partial charge in [-0.1, -0.05) is 17.7 Å². The van der Waals surface area contributed by atoms with Crippen molar-refractivity contribution in [2.75, 3.05) is 18.6 Å². The zero-order valence-corrected chi connectivity index (χ0v) is 16.7. The molecule has 1 aliphatic heterocycles. The zero-order valence-electron chi connectivity index (χ0n) is 15.9. The predicted octanol–water partition coefficient (Wildman–Crippen LogP) is 2.27. The van der Waals surface area contributed by atoms with Crippen LogP contribution in [-0.4, -0.2) is 53.6 Å². The Hall–Kier alpha value is -2.15. The highest BCUT2D eigenvalue weighted by Crippen LogP contribution is 2.29. The largest absolute Gasteiger partial charge is 0.336 e. The van der Waals surface area contributed by atoms with Crippen molar-refractivity contribution in [3.63, 3.8) is 0 Å². The van der Waals surface area contributed by atoms with Crippen molar-refractivity contribution < 1.29 is 13.2 Å². The second-order valence-corrected chi connectivity index (χ2v) is 9.51. The first-order chi connectivity index (χ1) is 12.1. The molecule has 0 radical (unpaired) electrons. The van der Waals surface area contributed by atoms with Gasteiger partial charge >= 0.3 is 0 Å². The Labute approximate surface area is 154 Å². The average Bonchev–Trinajstić information content (AvgIpc) is 3.08. The molecule has 1 atom stereocenters. The van der Waals surface area contributed by atoms with E-state index in [-0.39, 0.29) is 23.5 Å². The maximum Gasteiger partial charge on any atom is 0.274 e. The lowest BCUT2D eigenvalue weighted by Crippen LogP contribution is -2.38. The van der Waals surface area contributed by atoms with E-state index in [4.69, 9.17) is 0 Å². The number of nitrogens with zero attached hydrogens (tertiary/aromatic N) is 3. The summed E-state index contributed by atoms with van der Waals surface area (Å²) in [6, 6.07) is 5.76. The molecule has 3 rings (SSSR count). The van der Waals surface area contributed by atoms with Crippen LogP contribution in [0.5, 0.6) is 0 Å². The molecule has 1 saturated heterocycles. The number of hydrogen-bond donors (Lipinski definition) is 0. The quantitative estimate of drug-likeness (QED) is 0.825. The number of carbonyl (C=O) groups is 1. The summed E-state index contributed by atoms with van der Waals surface area (Å²) < 4.78 is 25.1. The van der Waals surface area contributed by atoms with Gasteiger partial charge in [-0.15, -0.1) is 0 Å². The van der Waals surface area contributed by atoms with E-state index in [1.807, 2.05) is 7.05 Å². The molecule has 1 unspecified atom stereocenters. The van der Waals surface area contributed by atoms with Crippen LogP contribution in [0.1, 0.15) is 33.6 Å². The Balaban J connectivity index is 1.92. The Bertz CT molecular complexity index is 953. The van der Waals surface area contributed by atoms with Crippen LogP contribution in [0, 0.1) is 20.8 Å². The molecule has 2 aromatic rings. The van der Waals surface area contributed by atoms with Gasteiger partial charge in [0.1, 0.15) is 0 Å². The van der Waals surface area contributed by atoms with E-state index in [9.17, 15) is 13.2 Å². The van der Waals surface area contributed by atoms with Crippen molar-refractivity contribution in [3.05, 3.63) is 40.6 Å². The van der Waals surface area contributed by atoms with Crippen molar-refractivity contribution in [1.82, 2.24) is 14.7 Å². The molecule has 0 spiro atoms. The topological polar surface area (TPSA) is 72.3 Å². The molecule has 0 N–H and O–H groups in total. The third-order valence-electron chi connectivity index (χ3n) is 5.11. The molecule has 1 aromatic carbocycles. The molecule has 6 nitrogen and oxygen atoms in total. The number of carbonyl (C=O) groups excluding carboxylic acids is 1. The third-order valence-corrected chi connectivity index (χ3v) is 6.86. The summed E-state index contributed by atoms with van der Waals surface area (Å²) >= 11 is 0. The zero-order chi connectivity index (χ0) is 19.2. The van der Waals surface area contributed by atoms with Crippen molar-refractivity contribution in [1.29, 1.82) is 0 Å². The van der Waals surface area contributed by atoms with Gasteiger partial charge in [-0.3, -0.25) is 9.48 Å². The highest BCUT2D eigenvalue weighted by atomic mass is 32.2. The van der Waals surface area contributed by atoms with Gasteiger partial charge in [-0.2, -0.15) is 5.10 Å². The number of rotatable bonds is 3. The second-order valence-electron chi connectivity index (χ2n) is 7.29. The molecule has 0 saturated carbocycles. The Morgan fingerprint density at radius 1 is 1.19 bits per heavy atom. The molecular formula is C19H25N3O3S. The highest BCUT2D eigenvalue weighted by Gasteiger charge is 2.34. The lowest BCUT2D eigenvalue weighted by atomic mass is 9.97. The van der Waals surface area contributed by atoms with E-state index >= 15 is 0 Å². The van der Waals surface area contributed by atoms with Gasteiger partial charge in [0.2, 0.25) is 0 Å². The van der Waals surface area contributed by atoms with Crippen LogP contribution < -0.4 is 0 Å². The first kappa shape index (κ1) is 18.6. The normalized spacial score (nSPS) is 18.9. The van der Waals surface area contributed by atoms with E-state index in [1.165, 1.54) is 10.5 Å². The predicted molar refractivity (Wildman–Crippen MR) is 102 cm³/mol. The fourth-order valence-electron chi connectivity index (χ4n) is 3.82. The van der Waals surface area contributed by atoms with Crippen molar-refractivity contribution >= 4 is 15.7 Å². The second kappa shape index (κ2) is 6.54. The number of hydrogen-bond acceptors (Lipinski definition) is 4. The fourth-order valence-corrected chi connectivity index (χ4v) is 5.59. The van der Waals surface area contributed by atoms with Crippen LogP contribution in [0.15, 0.2) is 18.2 Å². The lowest BCUT2D eigenvalue weighted by Gasteiger charge is -2.22. The van der Waals surface area contributed by atoms with Gasteiger partial charge in [-0.25, -0.2) is 8.42 Å². The van der Waals surface area contributed by atoms with Gasteiger partial charge in [-0.05, 0) is 44.4 Å². The molecule has 0 bridgehead atoms. The van der Waals surface area contributed by atoms with Crippen LogP contribution in [-0.2, 0) is 16.9 Å². The lowest BCUT2D eigenvalue weighted by molar-refractivity contribution is 0.0741. The van der Waals surface area contributed by atoms with Crippen LogP contribution in [0.3, 0.4) is 0 Å². The summed E-state index contributed by atoms with van der Waals surface area (Å²) in [5, 5.41) is 4.40. The van der Waals surface area contributed by atoms with E-state index in [2.05, 4.69) is 38.0 Å². The summed E-state index contributed by atoms with van der Waals surface area (Å²) in [7, 11) is 0.445. The van der Waals surface area contributed by atoms with E-state index in [0.29, 0.717) is 12.1 Å². The molecule has 1 aromatic heterocycles. The van der Waals surface area contributed by atoms with Gasteiger partial charge < -0.3 is 4.90 Å². The molecule has 0 aliphatic carbocycles. The van der Waals surface area contributed by atoms with Gasteiger partial charge in [0.25, 0.3) is 5.91 Å². The Morgan fingerprint density at radius 3 is 2.35 bits per heavy atom. The molecular weight excluding hydrogens is 350 g/mol. The van der Waals surface area contributed by atoms with E-state index < -0.39 is 9.84 Å². The van der Waals surface area contributed by atoms with E-state index in [1.54, 1.807) is 17.8 Å². The van der Waals surface area contributed by atoms with Gasteiger partial charge in [0.05, 0.1) is 17.2 Å². The minimum atomic E-state index is -3.04. The number of aryl methyl sites for hydroxylation is 4. The monoisotopic (exact) mass is 375 g/mol. The van der Waals surface area contributed by atoms with Crippen LogP contribution in [0.25, 0.3) is 11.3 Å². The number of sulfone groups is 1. The molecule has 2 heterocycles. The first-order valence-corrected chi connectivity index (χ1v) is 10.5. The minimum absolute atomic E-state index is 0.0328. The molecule has 1 fully saturated rings. The van der Waals surface area contributed by atoms with Crippen LogP contribution >= 0.6 is 0 Å². The Morgan fingerprint density at radius 2 is 1.81 bits per heavy atom. The van der Waals surface area contributed by atoms with Crippen molar-refractivity contribution in [3.8, 4) is 11.3 Å². The van der Waals surface area contributed by atoms with Gasteiger partial charge in [0.15, 0.2) is 15.5 Å². The van der Waals surface area contributed by atoms with Crippen LogP contribution in [0.4, 0.5) is 0 Å². The minimum Gasteiger partial charge on any atom is -0.336 e. The summed E-state index contributed by atoms with van der Waals surface area (Å²) in [5.41, 5.74) is 5.78. The maximum absolute atomic E-state index is 12.8. The smallest absolute Gasteiger partial charge is 0.274 e. The molecule has 26 heavy (non-hydrogen) atoms. The highest BCUT2D eigenvalue weighted by molar-refractivity contribution is 7.91. The van der Waals surface area contributed by atoms with Crippen molar-refractivity contribution in [2.24, 2.45) is 7.05 Å². The number of amides is 1. The molecule has 7 heteroatoms. The fraction of sp³-hybridized carbons (Fsp3) is 0.474. The SMILES string of the molecule is Cc1cc(C)c(-c2cc(C(=O)N(C)C3CCS(=O)(=O)C3)nn2C)c(C)c1. The summed E-state index contributed by atoms with van der Waals surface area (Å²) in [6.07, 6.45) is 0.487. The van der Waals surface area contributed by atoms with Gasteiger partial charge in [0, 0.05) is 25.7 Å². The standard InChI is InChI=1S/C19H25N3O3S/c1-12-8-13(2)18(14(3)9-12)17-10-16(20-22(17)5)19(23)21(4)15-6-7-26(24,25)11-15/h8-10,15H,6-7,11H2,1-5H3. The van der Waals surface area contributed by atoms with Crippen molar-refractivity contribution in [2.45, 2.75) is 33.2 Å². The van der Waals surface area contributed by atoms with Crippen LogP contribution in [0.2, 0.25) is 0 Å². The summed E-state index contributed by atoms with van der Waals surface area (Å²) in [5.74, 6) is -0.0633. The molecule has 1 aliphatic rings. The molecule has 1 amide bonds. The summed E-state index contributed by atoms with van der Waals surface area (Å²) in [6.45, 7) is 6.17.